The van der Waals surface area contributed by atoms with E-state index in [4.69, 9.17) is 0 Å². The third kappa shape index (κ3) is 3.31. The summed E-state index contributed by atoms with van der Waals surface area (Å²) in [7, 11) is 2.02. The van der Waals surface area contributed by atoms with Crippen LogP contribution in [-0.4, -0.2) is 22.4 Å². The van der Waals surface area contributed by atoms with Gasteiger partial charge < -0.3 is 15.2 Å². The highest BCUT2D eigenvalue weighted by molar-refractivity contribution is 6.06. The minimum Gasteiger partial charge on any atom is -0.351 e. The quantitative estimate of drug-likeness (QED) is 0.879. The van der Waals surface area contributed by atoms with E-state index in [0.29, 0.717) is 28.8 Å². The van der Waals surface area contributed by atoms with Gasteiger partial charge in [0.1, 0.15) is 0 Å². The molecule has 1 aromatic carbocycles. The number of carbonyl (C=O) groups excluding carboxylic acids is 2. The highest BCUT2D eigenvalue weighted by Crippen LogP contribution is 2.41. The van der Waals surface area contributed by atoms with Crippen molar-refractivity contribution in [2.75, 3.05) is 5.32 Å². The fourth-order valence-electron chi connectivity index (χ4n) is 3.16. The van der Waals surface area contributed by atoms with Gasteiger partial charge in [-0.05, 0) is 62.8 Å². The molecule has 0 radical (unpaired) electrons. The first kappa shape index (κ1) is 15.9. The van der Waals surface area contributed by atoms with Crippen molar-refractivity contribution in [3.05, 3.63) is 52.8 Å². The summed E-state index contributed by atoms with van der Waals surface area (Å²) in [6.45, 7) is 1.97. The normalized spacial score (nSPS) is 16.6. The molecule has 2 saturated carbocycles. The second kappa shape index (κ2) is 6.06. The summed E-state index contributed by atoms with van der Waals surface area (Å²) in [4.78, 5) is 24.8. The van der Waals surface area contributed by atoms with E-state index in [1.807, 2.05) is 26.1 Å². The largest absolute Gasteiger partial charge is 0.351 e. The van der Waals surface area contributed by atoms with Crippen molar-refractivity contribution >= 4 is 17.5 Å². The fraction of sp³-hybridized carbons (Fsp3) is 0.400. The molecule has 0 saturated heterocycles. The van der Waals surface area contributed by atoms with Gasteiger partial charge in [-0.3, -0.25) is 9.59 Å². The van der Waals surface area contributed by atoms with E-state index in [9.17, 15) is 9.59 Å². The first-order chi connectivity index (χ1) is 12.0. The van der Waals surface area contributed by atoms with Crippen molar-refractivity contribution in [3.63, 3.8) is 0 Å². The van der Waals surface area contributed by atoms with Crippen LogP contribution in [0.4, 0.5) is 5.69 Å². The topological polar surface area (TPSA) is 63.1 Å². The Morgan fingerprint density at radius 1 is 1.08 bits per heavy atom. The monoisotopic (exact) mass is 337 g/mol. The molecule has 4 rings (SSSR count). The van der Waals surface area contributed by atoms with Gasteiger partial charge in [-0.25, -0.2) is 0 Å². The van der Waals surface area contributed by atoms with Crippen molar-refractivity contribution in [1.82, 2.24) is 9.88 Å². The standard InChI is InChI=1S/C20H23N3O2/c1-12-17(11-18(23(12)2)13-6-7-13)20(25)22-16-5-3-4-14(10-16)19(24)21-15-8-9-15/h3-5,10-11,13,15H,6-9H2,1-2H3,(H,21,24)(H,22,25). The number of anilines is 1. The molecule has 2 N–H and O–H groups in total. The number of hydrogen-bond acceptors (Lipinski definition) is 2. The highest BCUT2D eigenvalue weighted by atomic mass is 16.2. The van der Waals surface area contributed by atoms with Crippen LogP contribution in [0, 0.1) is 6.92 Å². The van der Waals surface area contributed by atoms with Crippen molar-refractivity contribution in [1.29, 1.82) is 0 Å². The van der Waals surface area contributed by atoms with Crippen LogP contribution in [-0.2, 0) is 7.05 Å². The number of rotatable bonds is 5. The van der Waals surface area contributed by atoms with Crippen molar-refractivity contribution in [3.8, 4) is 0 Å². The molecule has 2 aliphatic rings. The molecule has 0 unspecified atom stereocenters. The van der Waals surface area contributed by atoms with E-state index >= 15 is 0 Å². The molecule has 0 bridgehead atoms. The average Bonchev–Trinajstić information content (AvgIpc) is 3.50. The van der Waals surface area contributed by atoms with Gasteiger partial charge in [0.25, 0.3) is 11.8 Å². The Labute approximate surface area is 147 Å². The number of benzene rings is 1. The number of hydrogen-bond donors (Lipinski definition) is 2. The van der Waals surface area contributed by atoms with E-state index in [-0.39, 0.29) is 11.8 Å². The smallest absolute Gasteiger partial charge is 0.257 e. The van der Waals surface area contributed by atoms with E-state index in [1.165, 1.54) is 18.5 Å². The molecule has 130 valence electrons. The van der Waals surface area contributed by atoms with Crippen LogP contribution in [0.1, 0.15) is 63.7 Å². The van der Waals surface area contributed by atoms with Gasteiger partial charge in [0, 0.05) is 35.7 Å². The summed E-state index contributed by atoms with van der Waals surface area (Å²) in [6.07, 6.45) is 4.52. The summed E-state index contributed by atoms with van der Waals surface area (Å²) in [5.74, 6) is 0.393. The fourth-order valence-corrected chi connectivity index (χ4v) is 3.16. The maximum Gasteiger partial charge on any atom is 0.257 e. The Morgan fingerprint density at radius 3 is 2.52 bits per heavy atom. The van der Waals surface area contributed by atoms with Crippen LogP contribution < -0.4 is 10.6 Å². The van der Waals surface area contributed by atoms with E-state index < -0.39 is 0 Å². The maximum absolute atomic E-state index is 12.7. The van der Waals surface area contributed by atoms with Gasteiger partial charge in [-0.1, -0.05) is 6.07 Å². The third-order valence-electron chi connectivity index (χ3n) is 5.11. The first-order valence-electron chi connectivity index (χ1n) is 8.91. The molecule has 1 aromatic heterocycles. The molecule has 25 heavy (non-hydrogen) atoms. The zero-order valence-electron chi connectivity index (χ0n) is 14.6. The molecule has 2 aromatic rings. The molecule has 0 atom stereocenters. The number of nitrogens with one attached hydrogen (secondary N) is 2. The minimum atomic E-state index is -0.125. The van der Waals surface area contributed by atoms with Crippen LogP contribution in [0.3, 0.4) is 0 Å². The van der Waals surface area contributed by atoms with E-state index in [2.05, 4.69) is 15.2 Å². The Hall–Kier alpha value is -2.56. The van der Waals surface area contributed by atoms with Crippen LogP contribution >= 0.6 is 0 Å². The van der Waals surface area contributed by atoms with Crippen molar-refractivity contribution < 1.29 is 9.59 Å². The van der Waals surface area contributed by atoms with E-state index in [0.717, 1.165) is 18.5 Å². The lowest BCUT2D eigenvalue weighted by Crippen LogP contribution is -2.25. The van der Waals surface area contributed by atoms with Crippen molar-refractivity contribution in [2.24, 2.45) is 7.05 Å². The number of amides is 2. The molecular weight excluding hydrogens is 314 g/mol. The Balaban J connectivity index is 1.50. The predicted octanol–water partition coefficient (Wildman–Crippen LogP) is 3.36. The Bertz CT molecular complexity index is 845. The molecule has 0 aliphatic heterocycles. The molecule has 2 amide bonds. The SMILES string of the molecule is Cc1c(C(=O)Nc2cccc(C(=O)NC3CC3)c2)cc(C2CC2)n1C. The third-order valence-corrected chi connectivity index (χ3v) is 5.11. The average molecular weight is 337 g/mol. The van der Waals surface area contributed by atoms with Gasteiger partial charge in [0.05, 0.1) is 5.56 Å². The Morgan fingerprint density at radius 2 is 1.84 bits per heavy atom. The predicted molar refractivity (Wildman–Crippen MR) is 97.0 cm³/mol. The number of carbonyl (C=O) groups is 2. The van der Waals surface area contributed by atoms with Gasteiger partial charge in [-0.2, -0.15) is 0 Å². The molecule has 2 fully saturated rings. The molecule has 5 heteroatoms. The lowest BCUT2D eigenvalue weighted by Gasteiger charge is -2.08. The van der Waals surface area contributed by atoms with E-state index in [1.54, 1.807) is 18.2 Å². The number of aromatic nitrogens is 1. The number of nitrogens with zero attached hydrogens (tertiary/aromatic N) is 1. The van der Waals surface area contributed by atoms with Gasteiger partial charge in [0.2, 0.25) is 0 Å². The molecule has 1 heterocycles. The van der Waals surface area contributed by atoms with Crippen LogP contribution in [0.25, 0.3) is 0 Å². The van der Waals surface area contributed by atoms with Crippen molar-refractivity contribution in [2.45, 2.75) is 44.6 Å². The first-order valence-corrected chi connectivity index (χ1v) is 8.91. The lowest BCUT2D eigenvalue weighted by atomic mass is 10.1. The second-order valence-electron chi connectivity index (χ2n) is 7.18. The van der Waals surface area contributed by atoms with Crippen LogP contribution in [0.5, 0.6) is 0 Å². The second-order valence-corrected chi connectivity index (χ2v) is 7.18. The summed E-state index contributed by atoms with van der Waals surface area (Å²) >= 11 is 0. The molecule has 0 spiro atoms. The van der Waals surface area contributed by atoms with Gasteiger partial charge >= 0.3 is 0 Å². The minimum absolute atomic E-state index is 0.0782. The van der Waals surface area contributed by atoms with Crippen LogP contribution in [0.2, 0.25) is 0 Å². The summed E-state index contributed by atoms with van der Waals surface area (Å²) in [5.41, 5.74) is 4.14. The maximum atomic E-state index is 12.7. The van der Waals surface area contributed by atoms with Crippen LogP contribution in [0.15, 0.2) is 30.3 Å². The Kier molecular flexibility index (Phi) is 3.86. The summed E-state index contributed by atoms with van der Waals surface area (Å²) < 4.78 is 2.12. The van der Waals surface area contributed by atoms with Gasteiger partial charge in [0.15, 0.2) is 0 Å². The zero-order valence-corrected chi connectivity index (χ0v) is 14.6. The summed E-state index contributed by atoms with van der Waals surface area (Å²) in [5, 5.41) is 5.90. The molecule has 2 aliphatic carbocycles. The lowest BCUT2D eigenvalue weighted by molar-refractivity contribution is 0.0949. The zero-order chi connectivity index (χ0) is 17.6. The molecular formula is C20H23N3O2. The molecule has 5 nitrogen and oxygen atoms in total. The summed E-state index contributed by atoms with van der Waals surface area (Å²) in [6, 6.07) is 9.43. The van der Waals surface area contributed by atoms with Gasteiger partial charge in [-0.15, -0.1) is 0 Å². The highest BCUT2D eigenvalue weighted by Gasteiger charge is 2.29.